The molecule has 0 aromatic heterocycles. The molecular weight excluding hydrogens is 220 g/mol. The molecule has 0 amide bonds. The number of carbonyl (C=O) groups is 1. The lowest BCUT2D eigenvalue weighted by atomic mass is 10.5. The third-order valence-corrected chi connectivity index (χ3v) is 0.843. The van der Waals surface area contributed by atoms with Crippen molar-refractivity contribution in [2.45, 2.75) is 13.3 Å². The van der Waals surface area contributed by atoms with E-state index in [0.717, 1.165) is 0 Å². The van der Waals surface area contributed by atoms with Crippen LogP contribution in [0.4, 0.5) is 0 Å². The van der Waals surface area contributed by atoms with Crippen LogP contribution in [0.25, 0.3) is 0 Å². The Morgan fingerprint density at radius 3 is 1.44 bits per heavy atom. The number of aliphatic hydroxyl groups excluding tert-OH is 5. The lowest BCUT2D eigenvalue weighted by Gasteiger charge is -1.96. The summed E-state index contributed by atoms with van der Waals surface area (Å²) in [4.78, 5) is 10.2. The van der Waals surface area contributed by atoms with Crippen LogP contribution in [0.15, 0.2) is 0 Å². The van der Waals surface area contributed by atoms with Crippen LogP contribution < -0.4 is 0 Å². The van der Waals surface area contributed by atoms with Crippen molar-refractivity contribution in [3.63, 3.8) is 0 Å². The molecule has 5 N–H and O–H groups in total. The van der Waals surface area contributed by atoms with Gasteiger partial charge < -0.3 is 30.3 Å². The second-order valence-corrected chi connectivity index (χ2v) is 2.19. The quantitative estimate of drug-likeness (QED) is 0.348. The summed E-state index contributed by atoms with van der Waals surface area (Å²) >= 11 is 0. The topological polar surface area (TPSA) is 127 Å². The molecule has 0 heterocycles. The van der Waals surface area contributed by atoms with Gasteiger partial charge in [-0.15, -0.1) is 0 Å². The Balaban J connectivity index is -0.000000179. The van der Waals surface area contributed by atoms with E-state index >= 15 is 0 Å². The van der Waals surface area contributed by atoms with Gasteiger partial charge >= 0.3 is 5.97 Å². The van der Waals surface area contributed by atoms with Gasteiger partial charge in [-0.05, 0) is 0 Å². The monoisotopic (exact) mass is 242 g/mol. The minimum atomic E-state index is -0.265. The minimum absolute atomic E-state index is 0.0915. The fraction of sp³-hybridized carbons (Fsp3) is 0.889. The highest BCUT2D eigenvalue weighted by molar-refractivity contribution is 5.68. The van der Waals surface area contributed by atoms with Gasteiger partial charge in [-0.2, -0.15) is 0 Å². The number of esters is 1. The summed E-state index contributed by atoms with van der Waals surface area (Å²) in [5, 5.41) is 38.6. The Morgan fingerprint density at radius 2 is 1.25 bits per heavy atom. The first kappa shape index (κ1) is 20.7. The Morgan fingerprint density at radius 1 is 0.875 bits per heavy atom. The number of rotatable bonds is 5. The van der Waals surface area contributed by atoms with Crippen LogP contribution in [-0.4, -0.2) is 71.1 Å². The van der Waals surface area contributed by atoms with Crippen LogP contribution in [0.5, 0.6) is 0 Å². The normalized spacial score (nSPS) is 8.12. The average Bonchev–Trinajstić information content (AvgIpc) is 2.36. The fourth-order valence-corrected chi connectivity index (χ4v) is 0.262. The number of carbonyl (C=O) groups excluding carboxylic acids is 1. The van der Waals surface area contributed by atoms with Gasteiger partial charge in [0.25, 0.3) is 0 Å². The van der Waals surface area contributed by atoms with Crippen molar-refractivity contribution in [3.05, 3.63) is 0 Å². The summed E-state index contributed by atoms with van der Waals surface area (Å²) in [7, 11) is 0. The number of ether oxygens (including phenoxy) is 1. The van der Waals surface area contributed by atoms with Crippen molar-refractivity contribution in [3.8, 4) is 0 Å². The van der Waals surface area contributed by atoms with Gasteiger partial charge in [-0.25, -0.2) is 0 Å². The predicted octanol–water partition coefficient (Wildman–Crippen LogP) is -2.13. The van der Waals surface area contributed by atoms with Gasteiger partial charge in [0.1, 0.15) is 6.61 Å². The van der Waals surface area contributed by atoms with Gasteiger partial charge in [0.2, 0.25) is 0 Å². The van der Waals surface area contributed by atoms with Crippen LogP contribution in [0.1, 0.15) is 13.3 Å². The van der Waals surface area contributed by atoms with E-state index in [1.807, 2.05) is 0 Å². The summed E-state index contributed by atoms with van der Waals surface area (Å²) in [6, 6.07) is 0. The molecule has 0 saturated heterocycles. The molecule has 0 saturated carbocycles. The van der Waals surface area contributed by atoms with E-state index in [0.29, 0.717) is 6.42 Å². The van der Waals surface area contributed by atoms with E-state index in [1.165, 1.54) is 0 Å². The summed E-state index contributed by atoms with van der Waals surface area (Å²) in [5.74, 6) is -0.265. The van der Waals surface area contributed by atoms with Gasteiger partial charge in [-0.1, -0.05) is 6.92 Å². The Labute approximate surface area is 94.9 Å². The zero-order valence-electron chi connectivity index (χ0n) is 9.50. The molecule has 7 nitrogen and oxygen atoms in total. The van der Waals surface area contributed by atoms with Crippen molar-refractivity contribution in [2.24, 2.45) is 0 Å². The molecular formula is C9H22O7. The highest BCUT2D eigenvalue weighted by Gasteiger charge is 1.93. The average molecular weight is 242 g/mol. The van der Waals surface area contributed by atoms with E-state index in [9.17, 15) is 4.79 Å². The summed E-state index contributed by atoms with van der Waals surface area (Å²) < 4.78 is 4.45. The van der Waals surface area contributed by atoms with E-state index in [2.05, 4.69) is 4.74 Å². The zero-order valence-corrected chi connectivity index (χ0v) is 9.50. The maximum absolute atomic E-state index is 10.2. The van der Waals surface area contributed by atoms with Crippen LogP contribution in [0.2, 0.25) is 0 Å². The SMILES string of the molecule is CCC(=O)OCCO.OCCO.OCCO. The van der Waals surface area contributed by atoms with Crippen molar-refractivity contribution in [1.82, 2.24) is 0 Å². The molecule has 0 aliphatic rings. The fourth-order valence-electron chi connectivity index (χ4n) is 0.262. The maximum Gasteiger partial charge on any atom is 0.305 e. The number of aliphatic hydroxyl groups is 5. The lowest BCUT2D eigenvalue weighted by molar-refractivity contribution is -0.144. The van der Waals surface area contributed by atoms with E-state index in [4.69, 9.17) is 25.5 Å². The van der Waals surface area contributed by atoms with Gasteiger partial charge in [0, 0.05) is 6.42 Å². The highest BCUT2D eigenvalue weighted by atomic mass is 16.5. The number of hydrogen-bond acceptors (Lipinski definition) is 7. The molecule has 0 atom stereocenters. The Kier molecular flexibility index (Phi) is 30.8. The molecule has 0 aliphatic carbocycles. The molecule has 0 aromatic carbocycles. The molecule has 0 unspecified atom stereocenters. The van der Waals surface area contributed by atoms with Crippen LogP contribution >= 0.6 is 0 Å². The third kappa shape index (κ3) is 37.8. The standard InChI is InChI=1S/C5H10O3.2C2H6O2/c1-2-5(7)8-4-3-6;2*3-1-2-4/h6H,2-4H2,1H3;2*3-4H,1-2H2. The maximum atomic E-state index is 10.2. The van der Waals surface area contributed by atoms with Crippen molar-refractivity contribution >= 4 is 5.97 Å². The molecule has 0 aromatic rings. The van der Waals surface area contributed by atoms with E-state index in [-0.39, 0.29) is 45.6 Å². The smallest absolute Gasteiger partial charge is 0.305 e. The lowest BCUT2D eigenvalue weighted by Crippen LogP contribution is -2.06. The van der Waals surface area contributed by atoms with Gasteiger partial charge in [0.05, 0.1) is 33.0 Å². The Hall–Kier alpha value is -0.730. The molecule has 0 bridgehead atoms. The molecule has 0 radical (unpaired) electrons. The first-order valence-electron chi connectivity index (χ1n) is 4.84. The largest absolute Gasteiger partial charge is 0.463 e. The second-order valence-electron chi connectivity index (χ2n) is 2.19. The van der Waals surface area contributed by atoms with Gasteiger partial charge in [0.15, 0.2) is 0 Å². The van der Waals surface area contributed by atoms with E-state index in [1.54, 1.807) is 6.92 Å². The van der Waals surface area contributed by atoms with Crippen molar-refractivity contribution < 1.29 is 35.1 Å². The minimum Gasteiger partial charge on any atom is -0.463 e. The molecule has 7 heteroatoms. The molecule has 0 rings (SSSR count). The summed E-state index contributed by atoms with van der Waals surface area (Å²) in [5.41, 5.74) is 0. The summed E-state index contributed by atoms with van der Waals surface area (Å²) in [6.07, 6.45) is 0.375. The molecule has 0 spiro atoms. The molecule has 16 heavy (non-hydrogen) atoms. The summed E-state index contributed by atoms with van der Waals surface area (Å²) in [6.45, 7) is 1.23. The molecule has 0 aliphatic heterocycles. The first-order chi connectivity index (χ1) is 7.64. The second kappa shape index (κ2) is 23.8. The third-order valence-electron chi connectivity index (χ3n) is 0.843. The van der Waals surface area contributed by atoms with Gasteiger partial charge in [-0.3, -0.25) is 4.79 Å². The molecule has 100 valence electrons. The van der Waals surface area contributed by atoms with Crippen LogP contribution in [0, 0.1) is 0 Å². The zero-order chi connectivity index (χ0) is 13.2. The predicted molar refractivity (Wildman–Crippen MR) is 56.7 cm³/mol. The van der Waals surface area contributed by atoms with Crippen LogP contribution in [-0.2, 0) is 9.53 Å². The van der Waals surface area contributed by atoms with Crippen LogP contribution in [0.3, 0.4) is 0 Å². The van der Waals surface area contributed by atoms with Crippen molar-refractivity contribution in [2.75, 3.05) is 39.6 Å². The Bertz CT molecular complexity index is 110. The number of hydrogen-bond donors (Lipinski definition) is 5. The first-order valence-corrected chi connectivity index (χ1v) is 4.84. The highest BCUT2D eigenvalue weighted by Crippen LogP contribution is 1.81. The van der Waals surface area contributed by atoms with E-state index < -0.39 is 0 Å². The van der Waals surface area contributed by atoms with Crippen molar-refractivity contribution in [1.29, 1.82) is 0 Å². The molecule has 0 fully saturated rings.